The topological polar surface area (TPSA) is 69.6 Å². The minimum atomic E-state index is -0.789. The van der Waals surface area contributed by atoms with E-state index in [2.05, 4.69) is 12.2 Å². The van der Waals surface area contributed by atoms with Crippen LogP contribution in [0.1, 0.15) is 39.0 Å². The van der Waals surface area contributed by atoms with E-state index in [1.807, 2.05) is 0 Å². The van der Waals surface area contributed by atoms with Gasteiger partial charge in [0.2, 0.25) is 0 Å². The highest BCUT2D eigenvalue weighted by atomic mass is 16.4. The number of piperidine rings is 1. The van der Waals surface area contributed by atoms with E-state index in [0.29, 0.717) is 31.5 Å². The summed E-state index contributed by atoms with van der Waals surface area (Å²) in [6.45, 7) is 3.19. The van der Waals surface area contributed by atoms with Crippen molar-refractivity contribution in [3.63, 3.8) is 0 Å². The van der Waals surface area contributed by atoms with Gasteiger partial charge in [-0.25, -0.2) is 4.79 Å². The number of hydrogen-bond donors (Lipinski definition) is 2. The Morgan fingerprint density at radius 2 is 2.22 bits per heavy atom. The van der Waals surface area contributed by atoms with E-state index < -0.39 is 11.9 Å². The van der Waals surface area contributed by atoms with Crippen molar-refractivity contribution in [3.05, 3.63) is 0 Å². The van der Waals surface area contributed by atoms with Gasteiger partial charge in [0, 0.05) is 19.1 Å². The fourth-order valence-electron chi connectivity index (χ4n) is 2.73. The third-order valence-electron chi connectivity index (χ3n) is 3.95. The van der Waals surface area contributed by atoms with Crippen LogP contribution in [0.4, 0.5) is 4.79 Å². The Kier molecular flexibility index (Phi) is 4.09. The standard InChI is InChI=1S/C13H22N2O3/c1-2-4-9-7-11(9)14-13(18)15-6-3-5-10(8-15)12(16)17/h9-11H,2-8H2,1H3,(H,14,18)(H,16,17). The van der Waals surface area contributed by atoms with Crippen LogP contribution in [0.25, 0.3) is 0 Å². The number of carbonyl (C=O) groups is 2. The predicted octanol–water partition coefficient (Wildman–Crippen LogP) is 1.68. The monoisotopic (exact) mass is 254 g/mol. The van der Waals surface area contributed by atoms with Crippen molar-refractivity contribution in [2.24, 2.45) is 11.8 Å². The minimum absolute atomic E-state index is 0.0791. The van der Waals surface area contributed by atoms with Gasteiger partial charge < -0.3 is 15.3 Å². The number of amides is 2. The summed E-state index contributed by atoms with van der Waals surface area (Å²) < 4.78 is 0. The second kappa shape index (κ2) is 5.59. The lowest BCUT2D eigenvalue weighted by molar-refractivity contribution is -0.143. The van der Waals surface area contributed by atoms with Crippen LogP contribution in [-0.4, -0.2) is 41.1 Å². The smallest absolute Gasteiger partial charge is 0.317 e. The predicted molar refractivity (Wildman–Crippen MR) is 67.3 cm³/mol. The van der Waals surface area contributed by atoms with Crippen LogP contribution >= 0.6 is 0 Å². The Morgan fingerprint density at radius 3 is 2.89 bits per heavy atom. The van der Waals surface area contributed by atoms with Gasteiger partial charge in [0.1, 0.15) is 0 Å². The molecule has 1 saturated heterocycles. The minimum Gasteiger partial charge on any atom is -0.481 e. The lowest BCUT2D eigenvalue weighted by Crippen LogP contribution is -2.47. The summed E-state index contributed by atoms with van der Waals surface area (Å²) in [6.07, 6.45) is 4.87. The Hall–Kier alpha value is -1.26. The number of carboxylic acids is 1. The molecule has 0 aromatic rings. The van der Waals surface area contributed by atoms with Crippen LogP contribution in [0.3, 0.4) is 0 Å². The number of hydrogen-bond acceptors (Lipinski definition) is 2. The third kappa shape index (κ3) is 3.15. The highest BCUT2D eigenvalue weighted by Gasteiger charge is 2.38. The van der Waals surface area contributed by atoms with Crippen molar-refractivity contribution < 1.29 is 14.7 Å². The Morgan fingerprint density at radius 1 is 1.44 bits per heavy atom. The normalized spacial score (nSPS) is 30.9. The molecule has 0 radical (unpaired) electrons. The number of nitrogens with zero attached hydrogens (tertiary/aromatic N) is 1. The molecule has 18 heavy (non-hydrogen) atoms. The number of nitrogens with one attached hydrogen (secondary N) is 1. The van der Waals surface area contributed by atoms with E-state index in [1.165, 1.54) is 6.42 Å². The van der Waals surface area contributed by atoms with Crippen molar-refractivity contribution >= 4 is 12.0 Å². The summed E-state index contributed by atoms with van der Waals surface area (Å²) in [7, 11) is 0. The average Bonchev–Trinajstić information content (AvgIpc) is 3.08. The van der Waals surface area contributed by atoms with Gasteiger partial charge in [-0.05, 0) is 31.6 Å². The van der Waals surface area contributed by atoms with E-state index >= 15 is 0 Å². The molecule has 2 N–H and O–H groups in total. The van der Waals surface area contributed by atoms with Crippen molar-refractivity contribution in [3.8, 4) is 0 Å². The fourth-order valence-corrected chi connectivity index (χ4v) is 2.73. The number of carbonyl (C=O) groups excluding carboxylic acids is 1. The second-order valence-electron chi connectivity index (χ2n) is 5.46. The average molecular weight is 254 g/mol. The summed E-state index contributed by atoms with van der Waals surface area (Å²) in [4.78, 5) is 24.6. The van der Waals surface area contributed by atoms with Gasteiger partial charge in [-0.1, -0.05) is 13.3 Å². The molecule has 102 valence electrons. The molecule has 3 atom stereocenters. The van der Waals surface area contributed by atoms with Crippen molar-refractivity contribution in [1.82, 2.24) is 10.2 Å². The van der Waals surface area contributed by atoms with E-state index in [0.717, 1.165) is 19.3 Å². The van der Waals surface area contributed by atoms with Crippen LogP contribution in [0.5, 0.6) is 0 Å². The molecule has 2 amide bonds. The lowest BCUT2D eigenvalue weighted by Gasteiger charge is -2.30. The summed E-state index contributed by atoms with van der Waals surface area (Å²) in [5.41, 5.74) is 0. The number of rotatable bonds is 4. The molecule has 5 heteroatoms. The number of urea groups is 1. The molecular formula is C13H22N2O3. The van der Waals surface area contributed by atoms with Gasteiger partial charge in [-0.2, -0.15) is 0 Å². The molecule has 0 bridgehead atoms. The maximum atomic E-state index is 12.0. The summed E-state index contributed by atoms with van der Waals surface area (Å²) in [5, 5.41) is 12.0. The second-order valence-corrected chi connectivity index (χ2v) is 5.46. The van der Waals surface area contributed by atoms with Crippen LogP contribution in [0.2, 0.25) is 0 Å². The van der Waals surface area contributed by atoms with E-state index in [4.69, 9.17) is 5.11 Å². The first-order valence-corrected chi connectivity index (χ1v) is 6.90. The SMILES string of the molecule is CCCC1CC1NC(=O)N1CCCC(C(=O)O)C1. The first-order chi connectivity index (χ1) is 8.61. The zero-order chi connectivity index (χ0) is 13.1. The molecule has 0 aromatic carbocycles. The van der Waals surface area contributed by atoms with Gasteiger partial charge >= 0.3 is 12.0 Å². The number of aliphatic carboxylic acids is 1. The zero-order valence-electron chi connectivity index (χ0n) is 10.9. The highest BCUT2D eigenvalue weighted by molar-refractivity contribution is 5.77. The van der Waals surface area contributed by atoms with Gasteiger partial charge in [0.05, 0.1) is 5.92 Å². The van der Waals surface area contributed by atoms with E-state index in [1.54, 1.807) is 4.90 Å². The summed E-state index contributed by atoms with van der Waals surface area (Å²) in [6, 6.07) is 0.243. The highest BCUT2D eigenvalue weighted by Crippen LogP contribution is 2.34. The molecule has 3 unspecified atom stereocenters. The molecule has 2 fully saturated rings. The first-order valence-electron chi connectivity index (χ1n) is 6.90. The maximum absolute atomic E-state index is 12.0. The fraction of sp³-hybridized carbons (Fsp3) is 0.846. The summed E-state index contributed by atoms with van der Waals surface area (Å²) >= 11 is 0. The molecule has 1 saturated carbocycles. The molecular weight excluding hydrogens is 232 g/mol. The zero-order valence-corrected chi connectivity index (χ0v) is 10.9. The Bertz CT molecular complexity index is 332. The van der Waals surface area contributed by atoms with Gasteiger partial charge in [0.15, 0.2) is 0 Å². The van der Waals surface area contributed by atoms with Crippen molar-refractivity contribution in [2.45, 2.75) is 45.1 Å². The van der Waals surface area contributed by atoms with Crippen molar-refractivity contribution in [1.29, 1.82) is 0 Å². The largest absolute Gasteiger partial charge is 0.481 e. The van der Waals surface area contributed by atoms with Crippen molar-refractivity contribution in [2.75, 3.05) is 13.1 Å². The molecule has 0 spiro atoms. The lowest BCUT2D eigenvalue weighted by atomic mass is 9.99. The van der Waals surface area contributed by atoms with E-state index in [-0.39, 0.29) is 6.03 Å². The molecule has 1 aliphatic heterocycles. The quantitative estimate of drug-likeness (QED) is 0.802. The molecule has 1 aliphatic carbocycles. The summed E-state index contributed by atoms with van der Waals surface area (Å²) in [5.74, 6) is -0.545. The first kappa shape index (κ1) is 13.2. The van der Waals surface area contributed by atoms with Gasteiger partial charge in [0.25, 0.3) is 0 Å². The molecule has 1 heterocycles. The Labute approximate surface area is 108 Å². The van der Waals surface area contributed by atoms with Crippen LogP contribution < -0.4 is 5.32 Å². The molecule has 2 rings (SSSR count). The number of carboxylic acid groups (broad SMARTS) is 1. The Balaban J connectivity index is 1.77. The number of likely N-dealkylation sites (tertiary alicyclic amines) is 1. The van der Waals surface area contributed by atoms with Crippen LogP contribution in [0.15, 0.2) is 0 Å². The molecule has 5 nitrogen and oxygen atoms in total. The maximum Gasteiger partial charge on any atom is 0.317 e. The van der Waals surface area contributed by atoms with Crippen LogP contribution in [0, 0.1) is 11.8 Å². The van der Waals surface area contributed by atoms with E-state index in [9.17, 15) is 9.59 Å². The van der Waals surface area contributed by atoms with Crippen LogP contribution in [-0.2, 0) is 4.79 Å². The van der Waals surface area contributed by atoms with Gasteiger partial charge in [-0.3, -0.25) is 4.79 Å². The third-order valence-corrected chi connectivity index (χ3v) is 3.95. The van der Waals surface area contributed by atoms with Gasteiger partial charge in [-0.15, -0.1) is 0 Å². The molecule has 0 aromatic heterocycles. The molecule has 2 aliphatic rings.